The van der Waals surface area contributed by atoms with E-state index in [9.17, 15) is 13.2 Å². The molecule has 8 nitrogen and oxygen atoms in total. The molecule has 9 heteroatoms. The van der Waals surface area contributed by atoms with Crippen LogP contribution in [0.5, 0.6) is 0 Å². The van der Waals surface area contributed by atoms with Gasteiger partial charge in [0.2, 0.25) is 0 Å². The Morgan fingerprint density at radius 2 is 1.62 bits per heavy atom. The molecule has 4 N–H and O–H groups in total. The van der Waals surface area contributed by atoms with Gasteiger partial charge < -0.3 is 10.8 Å². The molecular weight excluding hydrogens is 358 g/mol. The van der Waals surface area contributed by atoms with Crippen LogP contribution in [0.4, 0.5) is 17.1 Å². The maximum Gasteiger partial charge on any atom is 0.335 e. The molecule has 0 heterocycles. The van der Waals surface area contributed by atoms with Gasteiger partial charge in [-0.15, -0.1) is 5.11 Å². The number of nitrogen functional groups attached to an aromatic ring is 1. The van der Waals surface area contributed by atoms with E-state index in [4.69, 9.17) is 15.4 Å². The maximum atomic E-state index is 11.3. The van der Waals surface area contributed by atoms with E-state index in [1.807, 2.05) is 0 Å². The van der Waals surface area contributed by atoms with Crippen LogP contribution < -0.4 is 5.73 Å². The average molecular weight is 371 g/mol. The van der Waals surface area contributed by atoms with Gasteiger partial charge in [0.25, 0.3) is 10.1 Å². The summed E-state index contributed by atoms with van der Waals surface area (Å²) in [6.07, 6.45) is 0. The Kier molecular flexibility index (Phi) is 4.41. The second-order valence-electron chi connectivity index (χ2n) is 5.41. The lowest BCUT2D eigenvalue weighted by molar-refractivity contribution is 0.0697. The predicted molar refractivity (Wildman–Crippen MR) is 95.8 cm³/mol. The summed E-state index contributed by atoms with van der Waals surface area (Å²) in [5.74, 6) is -1.03. The number of hydrogen-bond donors (Lipinski definition) is 3. The van der Waals surface area contributed by atoms with Gasteiger partial charge in [0.15, 0.2) is 0 Å². The lowest BCUT2D eigenvalue weighted by Gasteiger charge is -2.06. The number of azo groups is 1. The third-order valence-electron chi connectivity index (χ3n) is 3.68. The van der Waals surface area contributed by atoms with E-state index in [1.54, 1.807) is 12.1 Å². The molecule has 3 rings (SSSR count). The minimum atomic E-state index is -4.35. The standard InChI is InChI=1S/C17H13N3O5S/c18-15-7-8-16(13-6-5-12(9-14(13)15)26(23,24)25)20-19-11-3-1-10(2-4-11)17(21)22/h1-9H,18H2,(H,21,22)(H,23,24,25)/b20-19+. The Balaban J connectivity index is 2.02. The first-order valence-electron chi connectivity index (χ1n) is 7.30. The first kappa shape index (κ1) is 17.5. The van der Waals surface area contributed by atoms with Crippen LogP contribution in [0.2, 0.25) is 0 Å². The number of carbonyl (C=O) groups is 1. The summed E-state index contributed by atoms with van der Waals surface area (Å²) in [4.78, 5) is 10.6. The van der Waals surface area contributed by atoms with Crippen LogP contribution in [-0.2, 0) is 10.1 Å². The van der Waals surface area contributed by atoms with E-state index >= 15 is 0 Å². The van der Waals surface area contributed by atoms with Crippen molar-refractivity contribution in [1.82, 2.24) is 0 Å². The molecule has 0 aliphatic carbocycles. The highest BCUT2D eigenvalue weighted by atomic mass is 32.2. The van der Waals surface area contributed by atoms with E-state index in [0.29, 0.717) is 27.8 Å². The van der Waals surface area contributed by atoms with Crippen LogP contribution in [0.25, 0.3) is 10.8 Å². The summed E-state index contributed by atoms with van der Waals surface area (Å²) in [6, 6.07) is 13.0. The third-order valence-corrected chi connectivity index (χ3v) is 4.53. The Labute approximate surface area is 148 Å². The molecule has 0 fully saturated rings. The molecule has 0 amide bonds. The molecule has 0 saturated carbocycles. The molecule has 26 heavy (non-hydrogen) atoms. The normalized spacial score (nSPS) is 11.9. The van der Waals surface area contributed by atoms with Crippen molar-refractivity contribution in [1.29, 1.82) is 0 Å². The summed E-state index contributed by atoms with van der Waals surface area (Å²) in [5.41, 5.74) is 7.25. The van der Waals surface area contributed by atoms with Gasteiger partial charge >= 0.3 is 5.97 Å². The molecular formula is C17H13N3O5S. The fraction of sp³-hybridized carbons (Fsp3) is 0. The van der Waals surface area contributed by atoms with Crippen molar-refractivity contribution in [3.63, 3.8) is 0 Å². The molecule has 0 radical (unpaired) electrons. The highest BCUT2D eigenvalue weighted by molar-refractivity contribution is 7.85. The SMILES string of the molecule is Nc1ccc(/N=N/c2ccc(C(=O)O)cc2)c2ccc(S(=O)(=O)O)cc12. The highest BCUT2D eigenvalue weighted by Crippen LogP contribution is 2.33. The number of nitrogens with two attached hydrogens (primary N) is 1. The number of benzene rings is 3. The minimum Gasteiger partial charge on any atom is -0.478 e. The highest BCUT2D eigenvalue weighted by Gasteiger charge is 2.12. The van der Waals surface area contributed by atoms with Crippen LogP contribution in [0.15, 0.2) is 69.7 Å². The number of carboxylic acids is 1. The zero-order valence-corrected chi connectivity index (χ0v) is 14.0. The maximum absolute atomic E-state index is 11.3. The van der Waals surface area contributed by atoms with Crippen molar-refractivity contribution < 1.29 is 22.9 Å². The van der Waals surface area contributed by atoms with Gasteiger partial charge in [0.1, 0.15) is 0 Å². The van der Waals surface area contributed by atoms with Crippen molar-refractivity contribution >= 4 is 43.9 Å². The zero-order chi connectivity index (χ0) is 18.9. The first-order valence-corrected chi connectivity index (χ1v) is 8.74. The number of fused-ring (bicyclic) bond motifs is 1. The summed E-state index contributed by atoms with van der Waals surface area (Å²) in [5, 5.41) is 18.0. The lowest BCUT2D eigenvalue weighted by atomic mass is 10.1. The van der Waals surface area contributed by atoms with Crippen LogP contribution in [0.1, 0.15) is 10.4 Å². The lowest BCUT2D eigenvalue weighted by Crippen LogP contribution is -1.98. The number of rotatable bonds is 4. The van der Waals surface area contributed by atoms with E-state index in [-0.39, 0.29) is 10.5 Å². The van der Waals surface area contributed by atoms with Gasteiger partial charge in [-0.25, -0.2) is 4.79 Å². The average Bonchev–Trinajstić information content (AvgIpc) is 2.60. The largest absolute Gasteiger partial charge is 0.478 e. The van der Waals surface area contributed by atoms with Crippen LogP contribution >= 0.6 is 0 Å². The smallest absolute Gasteiger partial charge is 0.335 e. The van der Waals surface area contributed by atoms with E-state index in [2.05, 4.69) is 10.2 Å². The topological polar surface area (TPSA) is 142 Å². The molecule has 0 saturated heterocycles. The van der Waals surface area contributed by atoms with Gasteiger partial charge in [0.05, 0.1) is 21.8 Å². The third kappa shape index (κ3) is 3.53. The molecule has 132 valence electrons. The zero-order valence-electron chi connectivity index (χ0n) is 13.2. The second-order valence-corrected chi connectivity index (χ2v) is 6.83. The van der Waals surface area contributed by atoms with Crippen molar-refractivity contribution in [2.45, 2.75) is 4.90 Å². The first-order chi connectivity index (χ1) is 12.3. The predicted octanol–water partition coefficient (Wildman–Crippen LogP) is 3.78. The Bertz CT molecular complexity index is 1140. The number of anilines is 1. The fourth-order valence-corrected chi connectivity index (χ4v) is 2.87. The molecule has 3 aromatic carbocycles. The van der Waals surface area contributed by atoms with Gasteiger partial charge in [-0.05, 0) is 48.5 Å². The number of carboxylic acid groups (broad SMARTS) is 1. The number of aromatic carboxylic acids is 1. The number of hydrogen-bond acceptors (Lipinski definition) is 6. The minimum absolute atomic E-state index is 0.139. The van der Waals surface area contributed by atoms with Gasteiger partial charge in [0, 0.05) is 16.5 Å². The van der Waals surface area contributed by atoms with Gasteiger partial charge in [-0.1, -0.05) is 6.07 Å². The fourth-order valence-electron chi connectivity index (χ4n) is 2.36. The summed E-state index contributed by atoms with van der Waals surface area (Å²) in [6.45, 7) is 0. The van der Waals surface area contributed by atoms with Gasteiger partial charge in [-0.2, -0.15) is 13.5 Å². The second kappa shape index (κ2) is 6.54. The Morgan fingerprint density at radius 1 is 0.923 bits per heavy atom. The van der Waals surface area contributed by atoms with Crippen LogP contribution in [0, 0.1) is 0 Å². The molecule has 0 bridgehead atoms. The molecule has 0 aliphatic rings. The van der Waals surface area contributed by atoms with E-state index < -0.39 is 16.1 Å². The van der Waals surface area contributed by atoms with Crippen LogP contribution in [0.3, 0.4) is 0 Å². The monoisotopic (exact) mass is 371 g/mol. The van der Waals surface area contributed by atoms with E-state index in [1.165, 1.54) is 42.5 Å². The molecule has 0 atom stereocenters. The summed E-state index contributed by atoms with van der Waals surface area (Å²) < 4.78 is 31.7. The van der Waals surface area contributed by atoms with Crippen molar-refractivity contribution in [2.24, 2.45) is 10.2 Å². The van der Waals surface area contributed by atoms with Crippen molar-refractivity contribution in [2.75, 3.05) is 5.73 Å². The Hall–Kier alpha value is -3.30. The van der Waals surface area contributed by atoms with Crippen molar-refractivity contribution in [3.8, 4) is 0 Å². The quantitative estimate of drug-likeness (QED) is 0.362. The van der Waals surface area contributed by atoms with E-state index in [0.717, 1.165) is 0 Å². The van der Waals surface area contributed by atoms with Crippen LogP contribution in [-0.4, -0.2) is 24.0 Å². The number of nitrogens with zero attached hydrogens (tertiary/aromatic N) is 2. The molecule has 3 aromatic rings. The van der Waals surface area contributed by atoms with Crippen molar-refractivity contribution in [3.05, 3.63) is 60.2 Å². The molecule has 0 aliphatic heterocycles. The summed E-state index contributed by atoms with van der Waals surface area (Å²) in [7, 11) is -4.35. The Morgan fingerprint density at radius 3 is 2.23 bits per heavy atom. The summed E-state index contributed by atoms with van der Waals surface area (Å²) >= 11 is 0. The van der Waals surface area contributed by atoms with Gasteiger partial charge in [-0.3, -0.25) is 4.55 Å². The molecule has 0 spiro atoms. The molecule has 0 aromatic heterocycles. The molecule has 0 unspecified atom stereocenters.